The number of amides is 1. The molecule has 6 nitrogen and oxygen atoms in total. The topological polar surface area (TPSA) is 71.0 Å². The third-order valence-electron chi connectivity index (χ3n) is 4.70. The number of anilines is 1. The molecule has 1 amide bonds. The van der Waals surface area contributed by atoms with E-state index in [9.17, 15) is 4.79 Å². The van der Waals surface area contributed by atoms with Gasteiger partial charge >= 0.3 is 0 Å². The van der Waals surface area contributed by atoms with Crippen LogP contribution >= 0.6 is 0 Å². The van der Waals surface area contributed by atoms with Crippen molar-refractivity contribution < 1.29 is 4.79 Å². The molecule has 2 aromatic heterocycles. The molecule has 1 N–H and O–H groups in total. The molecule has 0 aliphatic heterocycles. The molecule has 1 aliphatic carbocycles. The maximum atomic E-state index is 12.4. The molecule has 1 fully saturated rings. The first-order valence-corrected chi connectivity index (χ1v) is 8.95. The SMILES string of the molecule is CN(CCc1ccncc1)c1cc(C(=O)NC2CCCCC2)ncn1. The number of carbonyl (C=O) groups is 1. The Labute approximate surface area is 148 Å². The van der Waals surface area contributed by atoms with Crippen LogP contribution in [0.3, 0.4) is 0 Å². The van der Waals surface area contributed by atoms with Crippen molar-refractivity contribution in [1.82, 2.24) is 20.3 Å². The van der Waals surface area contributed by atoms with Crippen LogP contribution in [0.2, 0.25) is 0 Å². The number of hydrogen-bond donors (Lipinski definition) is 1. The van der Waals surface area contributed by atoms with Gasteiger partial charge in [-0.3, -0.25) is 9.78 Å². The van der Waals surface area contributed by atoms with E-state index in [1.807, 2.05) is 24.1 Å². The molecule has 1 aliphatic rings. The summed E-state index contributed by atoms with van der Waals surface area (Å²) in [5.41, 5.74) is 1.66. The van der Waals surface area contributed by atoms with Crippen LogP contribution in [0.1, 0.15) is 48.2 Å². The molecule has 0 unspecified atom stereocenters. The van der Waals surface area contributed by atoms with E-state index in [-0.39, 0.29) is 11.9 Å². The quantitative estimate of drug-likeness (QED) is 0.876. The van der Waals surface area contributed by atoms with Gasteiger partial charge < -0.3 is 10.2 Å². The summed E-state index contributed by atoms with van der Waals surface area (Å²) in [6.07, 6.45) is 11.7. The van der Waals surface area contributed by atoms with E-state index in [0.717, 1.165) is 31.6 Å². The maximum Gasteiger partial charge on any atom is 0.270 e. The van der Waals surface area contributed by atoms with Gasteiger partial charge in [-0.2, -0.15) is 0 Å². The number of nitrogens with one attached hydrogen (secondary N) is 1. The van der Waals surface area contributed by atoms with Gasteiger partial charge in [-0.1, -0.05) is 19.3 Å². The van der Waals surface area contributed by atoms with E-state index in [1.54, 1.807) is 18.5 Å². The molecular formula is C19H25N5O. The Hall–Kier alpha value is -2.50. The molecule has 0 radical (unpaired) electrons. The summed E-state index contributed by atoms with van der Waals surface area (Å²) in [5.74, 6) is 0.663. The Morgan fingerprint density at radius 2 is 1.96 bits per heavy atom. The minimum absolute atomic E-state index is 0.0990. The van der Waals surface area contributed by atoms with Crippen LogP contribution in [0.15, 0.2) is 36.9 Å². The Morgan fingerprint density at radius 1 is 1.20 bits per heavy atom. The normalized spacial score (nSPS) is 14.9. The highest BCUT2D eigenvalue weighted by Gasteiger charge is 2.18. The zero-order valence-corrected chi connectivity index (χ0v) is 14.7. The first-order chi connectivity index (χ1) is 12.2. The van der Waals surface area contributed by atoms with Gasteiger partial charge in [0.05, 0.1) is 0 Å². The zero-order valence-electron chi connectivity index (χ0n) is 14.7. The lowest BCUT2D eigenvalue weighted by atomic mass is 9.95. The van der Waals surface area contributed by atoms with E-state index < -0.39 is 0 Å². The average molecular weight is 339 g/mol. The Morgan fingerprint density at radius 3 is 2.72 bits per heavy atom. The summed E-state index contributed by atoms with van der Waals surface area (Å²) in [4.78, 5) is 27.0. The summed E-state index contributed by atoms with van der Waals surface area (Å²) < 4.78 is 0. The highest BCUT2D eigenvalue weighted by Crippen LogP contribution is 2.18. The molecule has 0 spiro atoms. The van der Waals surface area contributed by atoms with Gasteiger partial charge in [-0.05, 0) is 37.0 Å². The van der Waals surface area contributed by atoms with Gasteiger partial charge in [-0.15, -0.1) is 0 Å². The molecule has 0 bridgehead atoms. The number of carbonyl (C=O) groups excluding carboxylic acids is 1. The fourth-order valence-electron chi connectivity index (χ4n) is 3.15. The standard InChI is InChI=1S/C19H25N5O/c1-24(12-9-15-7-10-20-11-8-15)18-13-17(21-14-22-18)19(25)23-16-5-3-2-4-6-16/h7-8,10-11,13-14,16H,2-6,9,12H2,1H3,(H,23,25). The third kappa shape index (κ3) is 4.98. The van der Waals surface area contributed by atoms with E-state index in [0.29, 0.717) is 5.69 Å². The van der Waals surface area contributed by atoms with Crippen LogP contribution in [0.5, 0.6) is 0 Å². The lowest BCUT2D eigenvalue weighted by Gasteiger charge is -2.23. The van der Waals surface area contributed by atoms with Gasteiger partial charge in [0.1, 0.15) is 17.8 Å². The summed E-state index contributed by atoms with van der Waals surface area (Å²) >= 11 is 0. The van der Waals surface area contributed by atoms with E-state index in [4.69, 9.17) is 0 Å². The lowest BCUT2D eigenvalue weighted by Crippen LogP contribution is -2.36. The molecule has 2 heterocycles. The number of aromatic nitrogens is 3. The summed E-state index contributed by atoms with van der Waals surface area (Å²) in [6, 6.07) is 6.07. The average Bonchev–Trinajstić information content (AvgIpc) is 2.68. The molecule has 0 atom stereocenters. The molecule has 6 heteroatoms. The van der Waals surface area contributed by atoms with Crippen LogP contribution in [-0.4, -0.2) is 40.5 Å². The molecule has 2 aromatic rings. The van der Waals surface area contributed by atoms with Crippen molar-refractivity contribution in [3.8, 4) is 0 Å². The molecule has 3 rings (SSSR count). The number of hydrogen-bond acceptors (Lipinski definition) is 5. The Bertz CT molecular complexity index is 685. The third-order valence-corrected chi connectivity index (χ3v) is 4.70. The second-order valence-corrected chi connectivity index (χ2v) is 6.60. The minimum atomic E-state index is -0.0990. The van der Waals surface area contributed by atoms with E-state index in [1.165, 1.54) is 31.2 Å². The van der Waals surface area contributed by atoms with Gasteiger partial charge in [0.2, 0.25) is 0 Å². The fourth-order valence-corrected chi connectivity index (χ4v) is 3.15. The first-order valence-electron chi connectivity index (χ1n) is 8.95. The zero-order chi connectivity index (χ0) is 17.5. The summed E-state index contributed by atoms with van der Waals surface area (Å²) in [7, 11) is 1.98. The monoisotopic (exact) mass is 339 g/mol. The van der Waals surface area contributed by atoms with Gasteiger partial charge in [0, 0.05) is 38.1 Å². The first kappa shape index (κ1) is 17.3. The molecular weight excluding hydrogens is 314 g/mol. The minimum Gasteiger partial charge on any atom is -0.359 e. The van der Waals surface area contributed by atoms with E-state index in [2.05, 4.69) is 20.3 Å². The van der Waals surface area contributed by atoms with Crippen LogP contribution < -0.4 is 10.2 Å². The van der Waals surface area contributed by atoms with Crippen molar-refractivity contribution in [3.05, 3.63) is 48.2 Å². The van der Waals surface area contributed by atoms with Crippen molar-refractivity contribution in [2.24, 2.45) is 0 Å². The van der Waals surface area contributed by atoms with Crippen molar-refractivity contribution in [3.63, 3.8) is 0 Å². The molecule has 0 saturated heterocycles. The molecule has 132 valence electrons. The van der Waals surface area contributed by atoms with Crippen LogP contribution in [0.4, 0.5) is 5.82 Å². The second-order valence-electron chi connectivity index (χ2n) is 6.60. The van der Waals surface area contributed by atoms with Crippen molar-refractivity contribution in [2.75, 3.05) is 18.5 Å². The van der Waals surface area contributed by atoms with Crippen LogP contribution in [0, 0.1) is 0 Å². The number of nitrogens with zero attached hydrogens (tertiary/aromatic N) is 4. The molecule has 25 heavy (non-hydrogen) atoms. The van der Waals surface area contributed by atoms with Gasteiger partial charge in [-0.25, -0.2) is 9.97 Å². The van der Waals surface area contributed by atoms with E-state index >= 15 is 0 Å². The van der Waals surface area contributed by atoms with Crippen molar-refractivity contribution in [2.45, 2.75) is 44.6 Å². The Balaban J connectivity index is 1.58. The predicted octanol–water partition coefficient (Wildman–Crippen LogP) is 2.61. The van der Waals surface area contributed by atoms with Crippen LogP contribution in [-0.2, 0) is 6.42 Å². The Kier molecular flexibility index (Phi) is 5.93. The van der Waals surface area contributed by atoms with Crippen molar-refractivity contribution >= 4 is 11.7 Å². The second kappa shape index (κ2) is 8.55. The summed E-state index contributed by atoms with van der Waals surface area (Å²) in [6.45, 7) is 0.810. The summed E-state index contributed by atoms with van der Waals surface area (Å²) in [5, 5.41) is 3.10. The van der Waals surface area contributed by atoms with Gasteiger partial charge in [0.15, 0.2) is 0 Å². The molecule has 1 saturated carbocycles. The lowest BCUT2D eigenvalue weighted by molar-refractivity contribution is 0.0922. The largest absolute Gasteiger partial charge is 0.359 e. The molecule has 0 aromatic carbocycles. The fraction of sp³-hybridized carbons (Fsp3) is 0.474. The smallest absolute Gasteiger partial charge is 0.270 e. The number of likely N-dealkylation sites (N-methyl/N-ethyl adjacent to an activating group) is 1. The number of pyridine rings is 1. The van der Waals surface area contributed by atoms with Crippen LogP contribution in [0.25, 0.3) is 0 Å². The predicted molar refractivity (Wildman–Crippen MR) is 97.6 cm³/mol. The maximum absolute atomic E-state index is 12.4. The highest BCUT2D eigenvalue weighted by molar-refractivity contribution is 5.93. The van der Waals surface area contributed by atoms with Gasteiger partial charge in [0.25, 0.3) is 5.91 Å². The highest BCUT2D eigenvalue weighted by atomic mass is 16.1. The van der Waals surface area contributed by atoms with Crippen molar-refractivity contribution in [1.29, 1.82) is 0 Å². The number of rotatable bonds is 6.